The van der Waals surface area contributed by atoms with Gasteiger partial charge < -0.3 is 10.4 Å². The second kappa shape index (κ2) is 3.99. The first-order valence-corrected chi connectivity index (χ1v) is 6.76. The Balaban J connectivity index is 1.99. The number of hydrogen-bond donors (Lipinski definition) is 2. The van der Waals surface area contributed by atoms with E-state index in [2.05, 4.69) is 33.0 Å². The quantitative estimate of drug-likeness (QED) is 0.770. The van der Waals surface area contributed by atoms with Gasteiger partial charge in [0.1, 0.15) is 0 Å². The van der Waals surface area contributed by atoms with Crippen LogP contribution in [0.3, 0.4) is 0 Å². The molecule has 0 aliphatic heterocycles. The van der Waals surface area contributed by atoms with Crippen LogP contribution in [0.2, 0.25) is 0 Å². The minimum atomic E-state index is 0.295. The molecule has 2 bridgehead atoms. The largest absolute Gasteiger partial charge is 0.396 e. The number of hydrogen-bond acceptors (Lipinski definition) is 2. The summed E-state index contributed by atoms with van der Waals surface area (Å²) in [6.07, 6.45) is 4.12. The van der Waals surface area contributed by atoms with Gasteiger partial charge in [0, 0.05) is 19.2 Å². The SMILES string of the molecule is CC(CO)CNC1CC2CC[C@]1(C)C2(C)C. The highest BCUT2D eigenvalue weighted by Crippen LogP contribution is 2.65. The molecule has 16 heavy (non-hydrogen) atoms. The predicted molar refractivity (Wildman–Crippen MR) is 67.3 cm³/mol. The Morgan fingerprint density at radius 2 is 2.06 bits per heavy atom. The van der Waals surface area contributed by atoms with Gasteiger partial charge in [0.25, 0.3) is 0 Å². The van der Waals surface area contributed by atoms with Crippen molar-refractivity contribution < 1.29 is 5.11 Å². The Morgan fingerprint density at radius 1 is 1.38 bits per heavy atom. The molecule has 0 aromatic carbocycles. The van der Waals surface area contributed by atoms with Crippen LogP contribution in [0.25, 0.3) is 0 Å². The van der Waals surface area contributed by atoms with Crippen molar-refractivity contribution in [2.75, 3.05) is 13.2 Å². The lowest BCUT2D eigenvalue weighted by Crippen LogP contribution is -2.46. The molecule has 0 aromatic heterocycles. The Morgan fingerprint density at radius 3 is 2.50 bits per heavy atom. The third-order valence-corrected chi connectivity index (χ3v) is 5.82. The first kappa shape index (κ1) is 12.4. The van der Waals surface area contributed by atoms with E-state index < -0.39 is 0 Å². The average Bonchev–Trinajstić information content (AvgIpc) is 2.58. The predicted octanol–water partition coefficient (Wildman–Crippen LogP) is 2.42. The molecule has 0 amide bonds. The molecule has 0 saturated heterocycles. The van der Waals surface area contributed by atoms with E-state index in [4.69, 9.17) is 5.11 Å². The van der Waals surface area contributed by atoms with Crippen LogP contribution in [-0.4, -0.2) is 24.3 Å². The second-order valence-corrected chi connectivity index (χ2v) is 6.86. The fraction of sp³-hybridized carbons (Fsp3) is 1.00. The summed E-state index contributed by atoms with van der Waals surface area (Å²) in [6.45, 7) is 10.7. The Kier molecular flexibility index (Phi) is 3.09. The highest BCUT2D eigenvalue weighted by molar-refractivity contribution is 5.12. The molecule has 2 nitrogen and oxygen atoms in total. The van der Waals surface area contributed by atoms with Crippen LogP contribution in [0.4, 0.5) is 0 Å². The van der Waals surface area contributed by atoms with Crippen LogP contribution in [-0.2, 0) is 0 Å². The molecule has 2 saturated carbocycles. The molecule has 2 N–H and O–H groups in total. The van der Waals surface area contributed by atoms with Crippen LogP contribution in [0.15, 0.2) is 0 Å². The zero-order valence-electron chi connectivity index (χ0n) is 11.2. The second-order valence-electron chi connectivity index (χ2n) is 6.86. The minimum absolute atomic E-state index is 0.295. The summed E-state index contributed by atoms with van der Waals surface area (Å²) in [4.78, 5) is 0. The maximum Gasteiger partial charge on any atom is 0.0468 e. The van der Waals surface area contributed by atoms with Crippen molar-refractivity contribution in [1.82, 2.24) is 5.32 Å². The smallest absolute Gasteiger partial charge is 0.0468 e. The Hall–Kier alpha value is -0.0800. The van der Waals surface area contributed by atoms with E-state index in [0.29, 0.717) is 29.4 Å². The van der Waals surface area contributed by atoms with Crippen LogP contribution < -0.4 is 5.32 Å². The van der Waals surface area contributed by atoms with Gasteiger partial charge >= 0.3 is 0 Å². The fourth-order valence-corrected chi connectivity index (χ4v) is 3.92. The van der Waals surface area contributed by atoms with Crippen molar-refractivity contribution in [1.29, 1.82) is 0 Å². The average molecular weight is 225 g/mol. The van der Waals surface area contributed by atoms with E-state index in [0.717, 1.165) is 12.5 Å². The molecule has 4 atom stereocenters. The van der Waals surface area contributed by atoms with Crippen LogP contribution in [0, 0.1) is 22.7 Å². The number of fused-ring (bicyclic) bond motifs is 2. The lowest BCUT2D eigenvalue weighted by molar-refractivity contribution is 0.116. The molecule has 94 valence electrons. The molecule has 2 aliphatic carbocycles. The van der Waals surface area contributed by atoms with Crippen LogP contribution in [0.5, 0.6) is 0 Å². The number of rotatable bonds is 4. The van der Waals surface area contributed by atoms with Gasteiger partial charge in [-0.05, 0) is 41.9 Å². The Bertz CT molecular complexity index is 263. The molecule has 2 rings (SSSR count). The summed E-state index contributed by atoms with van der Waals surface area (Å²) in [5, 5.41) is 12.8. The molecule has 0 spiro atoms. The van der Waals surface area contributed by atoms with E-state index in [9.17, 15) is 0 Å². The van der Waals surface area contributed by atoms with Gasteiger partial charge in [0.15, 0.2) is 0 Å². The van der Waals surface area contributed by atoms with Gasteiger partial charge in [-0.15, -0.1) is 0 Å². The molecule has 0 aromatic rings. The monoisotopic (exact) mass is 225 g/mol. The summed E-state index contributed by atoms with van der Waals surface area (Å²) < 4.78 is 0. The molecule has 3 unspecified atom stereocenters. The summed E-state index contributed by atoms with van der Waals surface area (Å²) >= 11 is 0. The number of aliphatic hydroxyl groups excluding tert-OH is 1. The molecular weight excluding hydrogens is 198 g/mol. The fourth-order valence-electron chi connectivity index (χ4n) is 3.92. The maximum absolute atomic E-state index is 9.07. The van der Waals surface area contributed by atoms with Crippen molar-refractivity contribution in [3.63, 3.8) is 0 Å². The lowest BCUT2D eigenvalue weighted by atomic mass is 9.69. The maximum atomic E-state index is 9.07. The molecular formula is C14H27NO. The van der Waals surface area contributed by atoms with Crippen molar-refractivity contribution in [2.45, 2.75) is 53.0 Å². The zero-order valence-corrected chi connectivity index (χ0v) is 11.2. The third-order valence-electron chi connectivity index (χ3n) is 5.82. The van der Waals surface area contributed by atoms with Gasteiger partial charge in [-0.3, -0.25) is 0 Å². The van der Waals surface area contributed by atoms with Gasteiger partial charge in [-0.25, -0.2) is 0 Å². The normalized spacial score (nSPS) is 42.6. The number of aliphatic hydroxyl groups is 1. The number of nitrogens with one attached hydrogen (secondary N) is 1. The molecule has 2 fully saturated rings. The summed E-state index contributed by atoms with van der Waals surface area (Å²) in [5.74, 6) is 1.28. The van der Waals surface area contributed by atoms with Crippen molar-refractivity contribution in [3.8, 4) is 0 Å². The molecule has 2 heteroatoms. The minimum Gasteiger partial charge on any atom is -0.396 e. The van der Waals surface area contributed by atoms with Crippen LogP contribution in [0.1, 0.15) is 47.0 Å². The zero-order chi connectivity index (χ0) is 12.0. The van der Waals surface area contributed by atoms with E-state index >= 15 is 0 Å². The third kappa shape index (κ3) is 1.62. The van der Waals surface area contributed by atoms with Crippen LogP contribution >= 0.6 is 0 Å². The van der Waals surface area contributed by atoms with E-state index in [1.54, 1.807) is 0 Å². The van der Waals surface area contributed by atoms with Crippen molar-refractivity contribution in [3.05, 3.63) is 0 Å². The highest BCUT2D eigenvalue weighted by atomic mass is 16.3. The van der Waals surface area contributed by atoms with E-state index in [-0.39, 0.29) is 0 Å². The first-order valence-electron chi connectivity index (χ1n) is 6.76. The van der Waals surface area contributed by atoms with Gasteiger partial charge in [0.2, 0.25) is 0 Å². The summed E-state index contributed by atoms with van der Waals surface area (Å²) in [6, 6.07) is 0.662. The van der Waals surface area contributed by atoms with E-state index in [1.165, 1.54) is 19.3 Å². The van der Waals surface area contributed by atoms with E-state index in [1.807, 2.05) is 0 Å². The van der Waals surface area contributed by atoms with Crippen molar-refractivity contribution in [2.24, 2.45) is 22.7 Å². The molecule has 2 aliphatic rings. The molecule has 0 radical (unpaired) electrons. The lowest BCUT2D eigenvalue weighted by Gasteiger charge is -2.40. The summed E-state index contributed by atoms with van der Waals surface area (Å²) in [5.41, 5.74) is 0.958. The summed E-state index contributed by atoms with van der Waals surface area (Å²) in [7, 11) is 0. The van der Waals surface area contributed by atoms with Gasteiger partial charge in [0.05, 0.1) is 0 Å². The first-order chi connectivity index (χ1) is 7.41. The van der Waals surface area contributed by atoms with Gasteiger partial charge in [-0.2, -0.15) is 0 Å². The highest BCUT2D eigenvalue weighted by Gasteiger charge is 2.60. The van der Waals surface area contributed by atoms with Crippen molar-refractivity contribution >= 4 is 0 Å². The standard InChI is InChI=1S/C14H27NO/c1-10(9-16)8-15-12-7-11-5-6-14(12,4)13(11,2)3/h10-12,15-16H,5-9H2,1-4H3/t10?,11?,12?,14-/m0/s1. The Labute approximate surface area is 99.8 Å². The molecule has 0 heterocycles. The topological polar surface area (TPSA) is 32.3 Å². The van der Waals surface area contributed by atoms with Gasteiger partial charge in [-0.1, -0.05) is 27.7 Å².